The second kappa shape index (κ2) is 8.22. The Balaban J connectivity index is 1.75. The van der Waals surface area contributed by atoms with E-state index in [1.165, 1.54) is 0 Å². The number of aromatic nitrogens is 2. The quantitative estimate of drug-likeness (QED) is 0.759. The van der Waals surface area contributed by atoms with Crippen molar-refractivity contribution >= 4 is 15.7 Å². The molecule has 1 aliphatic carbocycles. The summed E-state index contributed by atoms with van der Waals surface area (Å²) in [7, 11) is -5.43. The highest BCUT2D eigenvalue weighted by Crippen LogP contribution is 2.38. The van der Waals surface area contributed by atoms with Gasteiger partial charge in [0.15, 0.2) is 0 Å². The average molecular weight is 443 g/mol. The summed E-state index contributed by atoms with van der Waals surface area (Å²) < 4.78 is 65.5. The standard InChI is InChI=1S/C20H25F3N4O2S/c21-20(22,23)30(28,29)26-11-16-7-3-4-8-19(16)27(12-17-10-24-14-25-17)18(13-26)9-15-5-1-2-6-15/h3-4,7-8,10,14-15,18H,1-2,5-6,9,11-13H2,(H,24,25). The van der Waals surface area contributed by atoms with Crippen LogP contribution in [-0.4, -0.2) is 40.8 Å². The Morgan fingerprint density at radius 1 is 1.17 bits per heavy atom. The largest absolute Gasteiger partial charge is 0.511 e. The molecule has 164 valence electrons. The number of hydrogen-bond acceptors (Lipinski definition) is 4. The van der Waals surface area contributed by atoms with E-state index in [0.29, 0.717) is 28.8 Å². The fourth-order valence-corrected chi connectivity index (χ4v) is 5.61. The molecule has 1 fully saturated rings. The number of nitrogens with one attached hydrogen (secondary N) is 1. The number of H-pyrrole nitrogens is 1. The fourth-order valence-electron chi connectivity index (χ4n) is 4.64. The number of halogens is 3. The highest BCUT2D eigenvalue weighted by Gasteiger charge is 2.51. The van der Waals surface area contributed by atoms with Crippen LogP contribution in [0.2, 0.25) is 0 Å². The summed E-state index contributed by atoms with van der Waals surface area (Å²) in [6.07, 6.45) is 8.18. The van der Waals surface area contributed by atoms with Gasteiger partial charge in [-0.05, 0) is 24.0 Å². The molecule has 4 rings (SSSR count). The minimum absolute atomic E-state index is 0.193. The molecule has 0 amide bonds. The van der Waals surface area contributed by atoms with Gasteiger partial charge in [-0.25, -0.2) is 13.4 Å². The fraction of sp³-hybridized carbons (Fsp3) is 0.550. The first kappa shape index (κ1) is 21.2. The van der Waals surface area contributed by atoms with Gasteiger partial charge in [0, 0.05) is 31.0 Å². The van der Waals surface area contributed by atoms with Crippen LogP contribution in [0.4, 0.5) is 18.9 Å². The minimum atomic E-state index is -5.43. The van der Waals surface area contributed by atoms with Crippen LogP contribution in [0.1, 0.15) is 43.4 Å². The van der Waals surface area contributed by atoms with Crippen molar-refractivity contribution in [2.75, 3.05) is 11.4 Å². The van der Waals surface area contributed by atoms with Crippen molar-refractivity contribution in [2.24, 2.45) is 5.92 Å². The van der Waals surface area contributed by atoms with Crippen molar-refractivity contribution in [3.63, 3.8) is 0 Å². The van der Waals surface area contributed by atoms with Crippen LogP contribution in [0.5, 0.6) is 0 Å². The Bertz CT molecular complexity index is 957. The topological polar surface area (TPSA) is 69.3 Å². The van der Waals surface area contributed by atoms with Crippen molar-refractivity contribution in [2.45, 2.75) is 56.7 Å². The van der Waals surface area contributed by atoms with Crippen LogP contribution in [0.15, 0.2) is 36.8 Å². The molecule has 30 heavy (non-hydrogen) atoms. The summed E-state index contributed by atoms with van der Waals surface area (Å²) in [4.78, 5) is 9.14. The molecule has 1 unspecified atom stereocenters. The first-order chi connectivity index (χ1) is 14.3. The SMILES string of the molecule is O=S(=O)(N1Cc2ccccc2N(Cc2cnc[nH]2)C(CC2CCCC2)C1)C(F)(F)F. The van der Waals surface area contributed by atoms with E-state index in [1.807, 2.05) is 17.0 Å². The third-order valence-electron chi connectivity index (χ3n) is 6.11. The van der Waals surface area contributed by atoms with Gasteiger partial charge < -0.3 is 9.88 Å². The predicted octanol–water partition coefficient (Wildman–Crippen LogP) is 4.03. The lowest BCUT2D eigenvalue weighted by Crippen LogP contribution is -2.47. The molecule has 2 aromatic rings. The number of anilines is 1. The summed E-state index contributed by atoms with van der Waals surface area (Å²) >= 11 is 0. The molecule has 6 nitrogen and oxygen atoms in total. The Kier molecular flexibility index (Phi) is 5.80. The summed E-state index contributed by atoms with van der Waals surface area (Å²) in [6, 6.07) is 6.75. The first-order valence-electron chi connectivity index (χ1n) is 10.1. The van der Waals surface area contributed by atoms with Crippen molar-refractivity contribution in [1.82, 2.24) is 14.3 Å². The first-order valence-corrected chi connectivity index (χ1v) is 11.6. The minimum Gasteiger partial charge on any atom is -0.361 e. The molecular weight excluding hydrogens is 417 g/mol. The zero-order valence-corrected chi connectivity index (χ0v) is 17.3. The number of sulfonamides is 1. The smallest absolute Gasteiger partial charge is 0.361 e. The molecule has 1 aliphatic heterocycles. The summed E-state index contributed by atoms with van der Waals surface area (Å²) in [5.41, 5.74) is -3.15. The number of rotatable bonds is 5. The number of benzene rings is 1. The van der Waals surface area contributed by atoms with Gasteiger partial charge in [-0.2, -0.15) is 17.5 Å². The monoisotopic (exact) mass is 442 g/mol. The number of alkyl halides is 3. The predicted molar refractivity (Wildman–Crippen MR) is 107 cm³/mol. The van der Waals surface area contributed by atoms with Crippen LogP contribution >= 0.6 is 0 Å². The number of hydrogen-bond donors (Lipinski definition) is 1. The van der Waals surface area contributed by atoms with E-state index in [1.54, 1.807) is 24.7 Å². The van der Waals surface area contributed by atoms with Crippen LogP contribution in [-0.2, 0) is 23.1 Å². The highest BCUT2D eigenvalue weighted by molar-refractivity contribution is 7.89. The molecule has 2 heterocycles. The van der Waals surface area contributed by atoms with Gasteiger partial charge >= 0.3 is 15.5 Å². The van der Waals surface area contributed by atoms with Gasteiger partial charge in [0.2, 0.25) is 0 Å². The highest BCUT2D eigenvalue weighted by atomic mass is 32.2. The molecule has 1 aromatic heterocycles. The third-order valence-corrected chi connectivity index (χ3v) is 7.65. The Labute approximate surface area is 174 Å². The normalized spacial score (nSPS) is 21.6. The van der Waals surface area contributed by atoms with Crippen molar-refractivity contribution in [3.8, 4) is 0 Å². The van der Waals surface area contributed by atoms with E-state index in [4.69, 9.17) is 0 Å². The van der Waals surface area contributed by atoms with Gasteiger partial charge in [0.05, 0.1) is 18.6 Å². The molecule has 1 atom stereocenters. The number of nitrogens with zero attached hydrogens (tertiary/aromatic N) is 3. The van der Waals surface area contributed by atoms with Crippen molar-refractivity contribution in [3.05, 3.63) is 48.0 Å². The Morgan fingerprint density at radius 2 is 1.90 bits per heavy atom. The zero-order valence-electron chi connectivity index (χ0n) is 16.5. The lowest BCUT2D eigenvalue weighted by atomic mass is 9.96. The van der Waals surface area contributed by atoms with Gasteiger partial charge in [0.25, 0.3) is 0 Å². The molecular formula is C20H25F3N4O2S. The van der Waals surface area contributed by atoms with Crippen LogP contribution in [0.25, 0.3) is 0 Å². The van der Waals surface area contributed by atoms with Gasteiger partial charge in [-0.15, -0.1) is 0 Å². The maximum atomic E-state index is 13.4. The maximum absolute atomic E-state index is 13.4. The van der Waals surface area contributed by atoms with Gasteiger partial charge in [-0.1, -0.05) is 43.9 Å². The number of imidazole rings is 1. The zero-order chi connectivity index (χ0) is 21.4. The van der Waals surface area contributed by atoms with E-state index in [-0.39, 0.29) is 19.1 Å². The second-order valence-corrected chi connectivity index (χ2v) is 10.0. The number of fused-ring (bicyclic) bond motifs is 1. The van der Waals surface area contributed by atoms with Crippen LogP contribution in [0.3, 0.4) is 0 Å². The molecule has 1 saturated carbocycles. The van der Waals surface area contributed by atoms with Gasteiger partial charge in [0.1, 0.15) is 0 Å². The summed E-state index contributed by atoms with van der Waals surface area (Å²) in [5, 5.41) is 0. The average Bonchev–Trinajstić information content (AvgIpc) is 3.36. The molecule has 2 aliphatic rings. The molecule has 0 radical (unpaired) electrons. The second-order valence-electron chi connectivity index (χ2n) is 8.12. The Hall–Kier alpha value is -2.07. The van der Waals surface area contributed by atoms with Gasteiger partial charge in [-0.3, -0.25) is 0 Å². The van der Waals surface area contributed by atoms with Crippen LogP contribution in [0, 0.1) is 5.92 Å². The molecule has 0 spiro atoms. The lowest BCUT2D eigenvalue weighted by molar-refractivity contribution is -0.0492. The van der Waals surface area contributed by atoms with E-state index >= 15 is 0 Å². The molecule has 0 saturated heterocycles. The molecule has 0 bridgehead atoms. The maximum Gasteiger partial charge on any atom is 0.511 e. The van der Waals surface area contributed by atoms with E-state index in [2.05, 4.69) is 9.97 Å². The van der Waals surface area contributed by atoms with Crippen molar-refractivity contribution in [1.29, 1.82) is 0 Å². The molecule has 1 N–H and O–H groups in total. The summed E-state index contributed by atoms with van der Waals surface area (Å²) in [6.45, 7) is -0.0614. The number of para-hydroxylation sites is 1. The van der Waals surface area contributed by atoms with Crippen LogP contribution < -0.4 is 4.90 Å². The van der Waals surface area contributed by atoms with E-state index in [9.17, 15) is 21.6 Å². The summed E-state index contributed by atoms with van der Waals surface area (Å²) in [5.74, 6) is 0.389. The van der Waals surface area contributed by atoms with Crippen molar-refractivity contribution < 1.29 is 21.6 Å². The molecule has 1 aromatic carbocycles. The number of aromatic amines is 1. The van der Waals surface area contributed by atoms with E-state index < -0.39 is 15.5 Å². The lowest BCUT2D eigenvalue weighted by Gasteiger charge is -2.35. The Morgan fingerprint density at radius 3 is 2.57 bits per heavy atom. The van der Waals surface area contributed by atoms with E-state index in [0.717, 1.165) is 37.1 Å². The molecule has 10 heteroatoms. The third kappa shape index (κ3) is 4.20.